The Morgan fingerprint density at radius 3 is 2.30 bits per heavy atom. The van der Waals surface area contributed by atoms with E-state index in [4.69, 9.17) is 10.3 Å². The van der Waals surface area contributed by atoms with Gasteiger partial charge in [0.1, 0.15) is 6.54 Å². The third-order valence-electron chi connectivity index (χ3n) is 3.96. The van der Waals surface area contributed by atoms with E-state index in [0.29, 0.717) is 11.3 Å². The van der Waals surface area contributed by atoms with Gasteiger partial charge in [-0.15, -0.1) is 0 Å². The lowest BCUT2D eigenvalue weighted by molar-refractivity contribution is -0.119. The smallest absolute Gasteiger partial charge is 0.370 e. The fourth-order valence-corrected chi connectivity index (χ4v) is 2.65. The van der Waals surface area contributed by atoms with Gasteiger partial charge >= 0.3 is 5.76 Å². The van der Waals surface area contributed by atoms with Gasteiger partial charge in [0.2, 0.25) is 11.8 Å². The summed E-state index contributed by atoms with van der Waals surface area (Å²) in [6.45, 7) is -0.168. The molecule has 0 saturated heterocycles. The summed E-state index contributed by atoms with van der Waals surface area (Å²) >= 11 is 0. The zero-order chi connectivity index (χ0) is 19.2. The molecule has 1 heterocycles. The average Bonchev–Trinajstić information content (AvgIpc) is 3.04. The summed E-state index contributed by atoms with van der Waals surface area (Å²) in [6, 6.07) is 17.8. The molecule has 0 radical (unpaired) electrons. The van der Waals surface area contributed by atoms with Crippen molar-refractivity contribution in [3.63, 3.8) is 0 Å². The molecule has 2 aromatic carbocycles. The van der Waals surface area contributed by atoms with Gasteiger partial charge in [-0.1, -0.05) is 53.7 Å². The molecule has 8 heteroatoms. The van der Waals surface area contributed by atoms with E-state index in [1.165, 1.54) is 4.90 Å². The Bertz CT molecular complexity index is 980. The fourth-order valence-electron chi connectivity index (χ4n) is 2.65. The summed E-state index contributed by atoms with van der Waals surface area (Å²) in [5, 5.41) is 3.78. The van der Waals surface area contributed by atoms with Gasteiger partial charge < -0.3 is 10.6 Å². The zero-order valence-corrected chi connectivity index (χ0v) is 14.4. The SMILES string of the molecule is NC(=O)CCN(C(=O)Cn1c(-c2ccccc2)noc1=O)c1ccccc1. The molecule has 2 N–H and O–H groups in total. The molecule has 3 rings (SSSR count). The molecule has 0 bridgehead atoms. The summed E-state index contributed by atoms with van der Waals surface area (Å²) in [5.74, 6) is -1.37. The van der Waals surface area contributed by atoms with E-state index in [1.807, 2.05) is 12.1 Å². The highest BCUT2D eigenvalue weighted by Crippen LogP contribution is 2.17. The van der Waals surface area contributed by atoms with Crippen molar-refractivity contribution >= 4 is 17.5 Å². The molecule has 0 fully saturated rings. The Kier molecular flexibility index (Phi) is 5.46. The minimum Gasteiger partial charge on any atom is -0.370 e. The minimum absolute atomic E-state index is 0.00468. The fraction of sp³-hybridized carbons (Fsp3) is 0.158. The largest absolute Gasteiger partial charge is 0.442 e. The lowest BCUT2D eigenvalue weighted by Gasteiger charge is -2.22. The van der Waals surface area contributed by atoms with Crippen LogP contribution in [0.4, 0.5) is 5.69 Å². The molecule has 2 amide bonds. The number of para-hydroxylation sites is 1. The lowest BCUT2D eigenvalue weighted by atomic mass is 10.2. The van der Waals surface area contributed by atoms with Crippen LogP contribution in [0.2, 0.25) is 0 Å². The summed E-state index contributed by atoms with van der Waals surface area (Å²) in [4.78, 5) is 37.6. The molecule has 0 aliphatic heterocycles. The van der Waals surface area contributed by atoms with Crippen LogP contribution in [0.25, 0.3) is 11.4 Å². The first-order chi connectivity index (χ1) is 13.1. The van der Waals surface area contributed by atoms with Crippen LogP contribution < -0.4 is 16.4 Å². The first-order valence-corrected chi connectivity index (χ1v) is 8.32. The van der Waals surface area contributed by atoms with Gasteiger partial charge in [-0.25, -0.2) is 9.36 Å². The van der Waals surface area contributed by atoms with E-state index in [9.17, 15) is 14.4 Å². The Morgan fingerprint density at radius 1 is 1.04 bits per heavy atom. The van der Waals surface area contributed by atoms with E-state index in [-0.39, 0.29) is 31.2 Å². The summed E-state index contributed by atoms with van der Waals surface area (Å²) in [7, 11) is 0. The number of benzene rings is 2. The number of anilines is 1. The van der Waals surface area contributed by atoms with Gasteiger partial charge in [-0.3, -0.25) is 14.1 Å². The minimum atomic E-state index is -0.731. The number of carbonyl (C=O) groups is 2. The monoisotopic (exact) mass is 366 g/mol. The molecule has 27 heavy (non-hydrogen) atoms. The normalized spacial score (nSPS) is 10.5. The van der Waals surface area contributed by atoms with E-state index in [2.05, 4.69) is 5.16 Å². The molecular weight excluding hydrogens is 348 g/mol. The first kappa shape index (κ1) is 18.1. The Hall–Kier alpha value is -3.68. The molecule has 138 valence electrons. The van der Waals surface area contributed by atoms with Crippen LogP contribution in [0, 0.1) is 0 Å². The van der Waals surface area contributed by atoms with Crippen LogP contribution in [0.5, 0.6) is 0 Å². The molecule has 3 aromatic rings. The van der Waals surface area contributed by atoms with Gasteiger partial charge in [0.05, 0.1) is 0 Å². The van der Waals surface area contributed by atoms with Crippen molar-refractivity contribution in [1.82, 2.24) is 9.72 Å². The number of aromatic nitrogens is 2. The van der Waals surface area contributed by atoms with E-state index in [1.54, 1.807) is 48.5 Å². The third-order valence-corrected chi connectivity index (χ3v) is 3.96. The number of amides is 2. The van der Waals surface area contributed by atoms with Crippen molar-refractivity contribution in [2.75, 3.05) is 11.4 Å². The number of rotatable bonds is 7. The molecule has 0 saturated carbocycles. The highest BCUT2D eigenvalue weighted by atomic mass is 16.5. The number of nitrogens with two attached hydrogens (primary N) is 1. The zero-order valence-electron chi connectivity index (χ0n) is 14.4. The Labute approximate surface area is 154 Å². The number of hydrogen-bond acceptors (Lipinski definition) is 5. The molecule has 0 spiro atoms. The number of primary amides is 1. The Balaban J connectivity index is 1.89. The van der Waals surface area contributed by atoms with Crippen LogP contribution in [0.15, 0.2) is 70.0 Å². The van der Waals surface area contributed by atoms with Gasteiger partial charge in [-0.05, 0) is 12.1 Å². The molecule has 0 aliphatic carbocycles. The number of hydrogen-bond donors (Lipinski definition) is 1. The van der Waals surface area contributed by atoms with Crippen molar-refractivity contribution in [2.45, 2.75) is 13.0 Å². The third kappa shape index (κ3) is 4.30. The first-order valence-electron chi connectivity index (χ1n) is 8.32. The van der Waals surface area contributed by atoms with Crippen molar-refractivity contribution in [1.29, 1.82) is 0 Å². The van der Waals surface area contributed by atoms with Crippen molar-refractivity contribution in [3.05, 3.63) is 71.2 Å². The molecule has 1 aromatic heterocycles. The van der Waals surface area contributed by atoms with E-state index >= 15 is 0 Å². The van der Waals surface area contributed by atoms with Crippen LogP contribution in [0.1, 0.15) is 6.42 Å². The molecule has 0 atom stereocenters. The molecule has 0 aliphatic rings. The maximum Gasteiger partial charge on any atom is 0.442 e. The maximum atomic E-state index is 12.9. The molecule has 0 unspecified atom stereocenters. The number of nitrogens with zero attached hydrogens (tertiary/aromatic N) is 3. The van der Waals surface area contributed by atoms with Gasteiger partial charge in [0.15, 0.2) is 5.82 Å². The lowest BCUT2D eigenvalue weighted by Crippen LogP contribution is -2.38. The second kappa shape index (κ2) is 8.13. The average molecular weight is 366 g/mol. The highest BCUT2D eigenvalue weighted by Gasteiger charge is 2.21. The van der Waals surface area contributed by atoms with E-state index < -0.39 is 11.7 Å². The van der Waals surface area contributed by atoms with Crippen molar-refractivity contribution in [2.24, 2.45) is 5.73 Å². The quantitative estimate of drug-likeness (QED) is 0.679. The van der Waals surface area contributed by atoms with Gasteiger partial charge in [0, 0.05) is 24.2 Å². The summed E-state index contributed by atoms with van der Waals surface area (Å²) < 4.78 is 5.91. The van der Waals surface area contributed by atoms with Crippen molar-refractivity contribution < 1.29 is 14.1 Å². The van der Waals surface area contributed by atoms with Crippen LogP contribution in [-0.4, -0.2) is 28.1 Å². The Morgan fingerprint density at radius 2 is 1.67 bits per heavy atom. The standard InChI is InChI=1S/C19H18N4O4/c20-16(24)11-12-22(15-9-5-2-6-10-15)17(25)13-23-18(21-27-19(23)26)14-7-3-1-4-8-14/h1-10H,11-13H2,(H2,20,24). The highest BCUT2D eigenvalue weighted by molar-refractivity contribution is 5.94. The summed E-state index contributed by atoms with van der Waals surface area (Å²) in [5.41, 5.74) is 6.48. The molecular formula is C19H18N4O4. The van der Waals surface area contributed by atoms with Crippen molar-refractivity contribution in [3.8, 4) is 11.4 Å². The van der Waals surface area contributed by atoms with E-state index in [0.717, 1.165) is 4.57 Å². The van der Waals surface area contributed by atoms with Gasteiger partial charge in [0.25, 0.3) is 0 Å². The predicted molar refractivity (Wildman–Crippen MR) is 98.8 cm³/mol. The second-order valence-corrected chi connectivity index (χ2v) is 5.82. The maximum absolute atomic E-state index is 12.9. The second-order valence-electron chi connectivity index (χ2n) is 5.82. The van der Waals surface area contributed by atoms with Crippen LogP contribution in [0.3, 0.4) is 0 Å². The predicted octanol–water partition coefficient (Wildman–Crippen LogP) is 1.41. The molecule has 8 nitrogen and oxygen atoms in total. The topological polar surface area (TPSA) is 111 Å². The number of carbonyl (C=O) groups excluding carboxylic acids is 2. The van der Waals surface area contributed by atoms with Crippen LogP contribution in [-0.2, 0) is 16.1 Å². The van der Waals surface area contributed by atoms with Crippen LogP contribution >= 0.6 is 0 Å². The summed E-state index contributed by atoms with van der Waals surface area (Å²) in [6.07, 6.45) is 0.00468. The van der Waals surface area contributed by atoms with Gasteiger partial charge in [-0.2, -0.15) is 0 Å².